The van der Waals surface area contributed by atoms with Crippen LogP contribution in [0.15, 0.2) is 0 Å². The fourth-order valence-corrected chi connectivity index (χ4v) is 0. The predicted molar refractivity (Wildman–Crippen MR) is 19.6 cm³/mol. The molecular formula is C5H4. The van der Waals surface area contributed by atoms with Gasteiger partial charge in [-0.2, -0.15) is 0 Å². The van der Waals surface area contributed by atoms with Crippen LogP contribution in [0.25, 0.3) is 0 Å². The molecule has 0 atom stereocenters. The molecule has 0 spiro atoms. The van der Waals surface area contributed by atoms with Crippen molar-refractivity contribution < 1.29 is 0 Å². The van der Waals surface area contributed by atoms with E-state index in [2.05, 4.69) is 27.7 Å². The average molecular weight is 64.1 g/mol. The Morgan fingerprint density at radius 2 is 0.800 bits per heavy atom. The van der Waals surface area contributed by atoms with Gasteiger partial charge in [-0.1, -0.05) is 0 Å². The lowest BCUT2D eigenvalue weighted by molar-refractivity contribution is 0.799. The van der Waals surface area contributed by atoms with Gasteiger partial charge in [0.25, 0.3) is 0 Å². The molecular weight excluding hydrogens is 60.1 g/mol. The maximum absolute atomic E-state index is 4.69. The van der Waals surface area contributed by atoms with Crippen molar-refractivity contribution in [3.63, 3.8) is 0 Å². The third-order valence-corrected chi connectivity index (χ3v) is 0. The lowest BCUT2D eigenvalue weighted by Gasteiger charge is -2.02. The molecule has 0 aliphatic heterocycles. The first-order valence-electron chi connectivity index (χ1n) is 1.15. The van der Waals surface area contributed by atoms with Crippen LogP contribution in [0.4, 0.5) is 0 Å². The van der Waals surface area contributed by atoms with Crippen molar-refractivity contribution in [2.75, 3.05) is 0 Å². The molecule has 24 valence electrons. The van der Waals surface area contributed by atoms with Crippen LogP contribution < -0.4 is 0 Å². The van der Waals surface area contributed by atoms with Crippen molar-refractivity contribution in [2.45, 2.75) is 0 Å². The predicted octanol–water partition coefficient (Wildman–Crippen LogP) is 0.817. The second-order valence-electron chi connectivity index (χ2n) is 1.00. The molecule has 0 aromatic carbocycles. The van der Waals surface area contributed by atoms with Crippen LogP contribution in [-0.2, 0) is 0 Å². The summed E-state index contributed by atoms with van der Waals surface area (Å²) in [5.74, 6) is 0. The van der Waals surface area contributed by atoms with E-state index < -0.39 is 5.41 Å². The zero-order valence-corrected chi connectivity index (χ0v) is 2.81. The highest BCUT2D eigenvalue weighted by molar-refractivity contribution is 4.88. The first-order valence-corrected chi connectivity index (χ1v) is 1.15. The van der Waals surface area contributed by atoms with E-state index in [1.54, 1.807) is 0 Å². The van der Waals surface area contributed by atoms with Crippen LogP contribution in [0.3, 0.4) is 0 Å². The smallest absolute Gasteiger partial charge is 0.0161 e. The molecule has 5 heavy (non-hydrogen) atoms. The first kappa shape index (κ1) is 5.00. The van der Waals surface area contributed by atoms with Crippen molar-refractivity contribution in [1.82, 2.24) is 0 Å². The number of hydrogen-bond donors (Lipinski definition) is 0. The van der Waals surface area contributed by atoms with E-state index in [-0.39, 0.29) is 0 Å². The molecule has 0 amide bonds. The normalized spacial score (nSPS) is 12.0. The monoisotopic (exact) mass is 64.0 g/mol. The quantitative estimate of drug-likeness (QED) is 0.391. The fraction of sp³-hybridized carbons (Fsp3) is 0.200. The highest BCUT2D eigenvalue weighted by Crippen LogP contribution is 2.04. The van der Waals surface area contributed by atoms with Crippen molar-refractivity contribution >= 4 is 0 Å². The van der Waals surface area contributed by atoms with Gasteiger partial charge in [-0.3, -0.25) is 0 Å². The third kappa shape index (κ3) is 0. The van der Waals surface area contributed by atoms with E-state index in [4.69, 9.17) is 0 Å². The molecule has 0 aliphatic rings. The highest BCUT2D eigenvalue weighted by Gasteiger charge is 1.98. The summed E-state index contributed by atoms with van der Waals surface area (Å²) in [6.07, 6.45) is 0. The molecule has 0 saturated carbocycles. The van der Waals surface area contributed by atoms with Gasteiger partial charge in [0.15, 0.2) is 0 Å². The molecule has 0 heteroatoms. The molecule has 8 radical (unpaired) electrons. The third-order valence-electron chi connectivity index (χ3n) is 0. The van der Waals surface area contributed by atoms with Gasteiger partial charge >= 0.3 is 0 Å². The second-order valence-corrected chi connectivity index (χ2v) is 1.00. The minimum absolute atomic E-state index is 1.50. The van der Waals surface area contributed by atoms with Gasteiger partial charge in [-0.05, 0) is 33.1 Å². The number of hydrogen-bond acceptors (Lipinski definition) is 0. The lowest BCUT2D eigenvalue weighted by atomic mass is 10.0. The maximum atomic E-state index is 4.69. The van der Waals surface area contributed by atoms with Crippen LogP contribution in [0.5, 0.6) is 0 Å². The number of rotatable bonds is 0. The molecule has 0 bridgehead atoms. The van der Waals surface area contributed by atoms with Gasteiger partial charge in [0.1, 0.15) is 0 Å². The molecule has 0 unspecified atom stereocenters. The van der Waals surface area contributed by atoms with E-state index in [1.165, 1.54) is 0 Å². The average Bonchev–Trinajstić information content (AvgIpc) is 0.722. The molecule has 0 aromatic rings. The van der Waals surface area contributed by atoms with Crippen molar-refractivity contribution in [2.24, 2.45) is 5.41 Å². The van der Waals surface area contributed by atoms with Crippen molar-refractivity contribution in [3.8, 4) is 0 Å². The summed E-state index contributed by atoms with van der Waals surface area (Å²) in [4.78, 5) is 0. The maximum Gasteiger partial charge on any atom is -0.0161 e. The molecule has 0 N–H and O–H groups in total. The molecule has 0 heterocycles. The summed E-state index contributed by atoms with van der Waals surface area (Å²) in [7, 11) is 0. The molecule has 0 nitrogen and oxygen atoms in total. The first-order chi connectivity index (χ1) is 2.00. The topological polar surface area (TPSA) is 0 Å². The molecule has 0 aromatic heterocycles. The van der Waals surface area contributed by atoms with Crippen LogP contribution in [0.2, 0.25) is 0 Å². The highest BCUT2D eigenvalue weighted by atomic mass is 14.0. The Bertz CT molecular complexity index is 15.5. The zero-order chi connectivity index (χ0) is 4.50. The Morgan fingerprint density at radius 1 is 0.800 bits per heavy atom. The standard InChI is InChI=1S/C5H4/c1-5(2,3)4/h1-4H. The van der Waals surface area contributed by atoms with Crippen molar-refractivity contribution in [3.05, 3.63) is 27.7 Å². The molecule has 0 rings (SSSR count). The van der Waals surface area contributed by atoms with Crippen LogP contribution in [0.1, 0.15) is 0 Å². The van der Waals surface area contributed by atoms with E-state index in [0.29, 0.717) is 0 Å². The van der Waals surface area contributed by atoms with Gasteiger partial charge in [0.2, 0.25) is 0 Å². The van der Waals surface area contributed by atoms with Crippen LogP contribution in [0, 0.1) is 33.1 Å². The Hall–Kier alpha value is 0. The van der Waals surface area contributed by atoms with Crippen LogP contribution in [-0.4, -0.2) is 0 Å². The van der Waals surface area contributed by atoms with Gasteiger partial charge < -0.3 is 0 Å². The largest absolute Gasteiger partial charge is 0.0275 e. The summed E-state index contributed by atoms with van der Waals surface area (Å²) in [5.41, 5.74) is -1.50. The second kappa shape index (κ2) is 1.00. The van der Waals surface area contributed by atoms with E-state index in [0.717, 1.165) is 0 Å². The minimum atomic E-state index is -1.50. The Labute approximate surface area is 34.2 Å². The summed E-state index contributed by atoms with van der Waals surface area (Å²) in [5, 5.41) is 0. The lowest BCUT2D eigenvalue weighted by Crippen LogP contribution is -1.96. The Morgan fingerprint density at radius 3 is 0.800 bits per heavy atom. The van der Waals surface area contributed by atoms with Gasteiger partial charge in [0, 0.05) is 0 Å². The van der Waals surface area contributed by atoms with E-state index in [1.807, 2.05) is 0 Å². The van der Waals surface area contributed by atoms with Gasteiger partial charge in [-0.15, -0.1) is 0 Å². The molecule has 0 aliphatic carbocycles. The fourth-order valence-electron chi connectivity index (χ4n) is 0. The summed E-state index contributed by atoms with van der Waals surface area (Å²) >= 11 is 0. The SMILES string of the molecule is [CH]C([CH])([CH])[CH]. The van der Waals surface area contributed by atoms with Gasteiger partial charge in [0.05, 0.1) is 0 Å². The summed E-state index contributed by atoms with van der Waals surface area (Å²) in [6, 6.07) is 0. The molecule has 0 saturated heterocycles. The van der Waals surface area contributed by atoms with E-state index >= 15 is 0 Å². The summed E-state index contributed by atoms with van der Waals surface area (Å²) < 4.78 is 0. The van der Waals surface area contributed by atoms with Gasteiger partial charge in [-0.25, -0.2) is 0 Å². The van der Waals surface area contributed by atoms with Crippen molar-refractivity contribution in [1.29, 1.82) is 0 Å². The Kier molecular flexibility index (Phi) is 1.00. The minimum Gasteiger partial charge on any atom is -0.0275 e. The molecule has 0 fully saturated rings. The summed E-state index contributed by atoms with van der Waals surface area (Å²) in [6.45, 7) is 18.8. The van der Waals surface area contributed by atoms with E-state index in [9.17, 15) is 0 Å². The van der Waals surface area contributed by atoms with Crippen LogP contribution >= 0.6 is 0 Å². The zero-order valence-electron chi connectivity index (χ0n) is 2.81. The Balaban J connectivity index is 3.02.